The van der Waals surface area contributed by atoms with Crippen molar-refractivity contribution in [2.24, 2.45) is 5.92 Å². The molecule has 0 aromatic rings. The van der Waals surface area contributed by atoms with Gasteiger partial charge in [0.1, 0.15) is 0 Å². The predicted octanol–water partition coefficient (Wildman–Crippen LogP) is 2.25. The van der Waals surface area contributed by atoms with E-state index in [1.165, 1.54) is 19.3 Å². The number of hydrogen-bond acceptors (Lipinski definition) is 3. The summed E-state index contributed by atoms with van der Waals surface area (Å²) in [5.41, 5.74) is -0.436. The van der Waals surface area contributed by atoms with Gasteiger partial charge < -0.3 is 15.3 Å². The van der Waals surface area contributed by atoms with E-state index in [4.69, 9.17) is 0 Å². The zero-order chi connectivity index (χ0) is 13.4. The number of rotatable bonds is 8. The van der Waals surface area contributed by atoms with Crippen molar-refractivity contribution < 1.29 is 5.11 Å². The summed E-state index contributed by atoms with van der Waals surface area (Å²) in [6.45, 7) is 11.7. The standard InChI is InChI=1S/C15H32N2O/c1-4-14-7-9-15(18,10-8-14)13-16-11-12-17(5-2)6-3/h14,16,18H,4-13H2,1-3H3. The second kappa shape index (κ2) is 8.13. The van der Waals surface area contributed by atoms with Gasteiger partial charge in [0.15, 0.2) is 0 Å². The van der Waals surface area contributed by atoms with Gasteiger partial charge in [-0.3, -0.25) is 0 Å². The van der Waals surface area contributed by atoms with Gasteiger partial charge in [-0.1, -0.05) is 27.2 Å². The van der Waals surface area contributed by atoms with Crippen LogP contribution in [0, 0.1) is 5.92 Å². The van der Waals surface area contributed by atoms with E-state index in [2.05, 4.69) is 31.0 Å². The van der Waals surface area contributed by atoms with Gasteiger partial charge in [0.05, 0.1) is 5.60 Å². The van der Waals surface area contributed by atoms with Crippen LogP contribution in [0.25, 0.3) is 0 Å². The summed E-state index contributed by atoms with van der Waals surface area (Å²) in [6, 6.07) is 0. The summed E-state index contributed by atoms with van der Waals surface area (Å²) >= 11 is 0. The maximum atomic E-state index is 10.5. The van der Waals surface area contributed by atoms with Crippen molar-refractivity contribution in [3.8, 4) is 0 Å². The molecule has 18 heavy (non-hydrogen) atoms. The van der Waals surface area contributed by atoms with Gasteiger partial charge in [0.2, 0.25) is 0 Å². The molecule has 1 aliphatic rings. The van der Waals surface area contributed by atoms with Crippen LogP contribution in [0.5, 0.6) is 0 Å². The minimum atomic E-state index is -0.436. The van der Waals surface area contributed by atoms with Crippen LogP contribution < -0.4 is 5.32 Å². The van der Waals surface area contributed by atoms with Gasteiger partial charge in [-0.05, 0) is 44.7 Å². The monoisotopic (exact) mass is 256 g/mol. The molecule has 0 aromatic carbocycles. The van der Waals surface area contributed by atoms with Crippen LogP contribution >= 0.6 is 0 Å². The Balaban J connectivity index is 2.15. The van der Waals surface area contributed by atoms with Gasteiger partial charge in [0.25, 0.3) is 0 Å². The van der Waals surface area contributed by atoms with Crippen molar-refractivity contribution in [3.05, 3.63) is 0 Å². The van der Waals surface area contributed by atoms with Crippen molar-refractivity contribution >= 4 is 0 Å². The number of aliphatic hydroxyl groups is 1. The highest BCUT2D eigenvalue weighted by atomic mass is 16.3. The molecular weight excluding hydrogens is 224 g/mol. The summed E-state index contributed by atoms with van der Waals surface area (Å²) in [4.78, 5) is 2.41. The number of nitrogens with one attached hydrogen (secondary N) is 1. The first-order chi connectivity index (χ1) is 8.63. The third-order valence-corrected chi connectivity index (χ3v) is 4.57. The highest BCUT2D eigenvalue weighted by Crippen LogP contribution is 2.33. The lowest BCUT2D eigenvalue weighted by Gasteiger charge is -2.36. The lowest BCUT2D eigenvalue weighted by molar-refractivity contribution is -0.00873. The summed E-state index contributed by atoms with van der Waals surface area (Å²) in [5.74, 6) is 0.848. The molecular formula is C15H32N2O. The smallest absolute Gasteiger partial charge is 0.0771 e. The Morgan fingerprint density at radius 1 is 1.17 bits per heavy atom. The molecule has 0 aliphatic heterocycles. The van der Waals surface area contributed by atoms with E-state index in [1.54, 1.807) is 0 Å². The molecule has 0 bridgehead atoms. The van der Waals surface area contributed by atoms with Crippen molar-refractivity contribution in [1.29, 1.82) is 0 Å². The van der Waals surface area contributed by atoms with E-state index in [0.717, 1.165) is 51.5 Å². The highest BCUT2D eigenvalue weighted by Gasteiger charge is 2.31. The number of nitrogens with zero attached hydrogens (tertiary/aromatic N) is 1. The molecule has 0 radical (unpaired) electrons. The van der Waals surface area contributed by atoms with E-state index in [1.807, 2.05) is 0 Å². The van der Waals surface area contributed by atoms with Crippen LogP contribution in [-0.4, -0.2) is 48.3 Å². The first-order valence-corrected chi connectivity index (χ1v) is 7.79. The lowest BCUT2D eigenvalue weighted by Crippen LogP contribution is -2.45. The third kappa shape index (κ3) is 5.25. The average molecular weight is 256 g/mol. The molecule has 2 N–H and O–H groups in total. The maximum Gasteiger partial charge on any atom is 0.0771 e. The SMILES string of the molecule is CCC1CCC(O)(CNCCN(CC)CC)CC1. The van der Waals surface area contributed by atoms with E-state index < -0.39 is 5.60 Å². The van der Waals surface area contributed by atoms with Crippen molar-refractivity contribution in [2.45, 2.75) is 58.5 Å². The molecule has 0 atom stereocenters. The molecule has 0 aromatic heterocycles. The molecule has 0 amide bonds. The van der Waals surface area contributed by atoms with Crippen molar-refractivity contribution in [3.63, 3.8) is 0 Å². The Kier molecular flexibility index (Phi) is 7.20. The minimum absolute atomic E-state index is 0.436. The Morgan fingerprint density at radius 3 is 2.28 bits per heavy atom. The quantitative estimate of drug-likeness (QED) is 0.654. The molecule has 0 spiro atoms. The van der Waals surface area contributed by atoms with Crippen LogP contribution in [0.1, 0.15) is 52.9 Å². The van der Waals surface area contributed by atoms with Crippen molar-refractivity contribution in [2.75, 3.05) is 32.7 Å². The zero-order valence-corrected chi connectivity index (χ0v) is 12.5. The molecule has 1 aliphatic carbocycles. The number of likely N-dealkylation sites (N-methyl/N-ethyl adjacent to an activating group) is 1. The van der Waals surface area contributed by atoms with Gasteiger partial charge in [-0.15, -0.1) is 0 Å². The Labute approximate surface area is 113 Å². The largest absolute Gasteiger partial charge is 0.389 e. The number of hydrogen-bond donors (Lipinski definition) is 2. The molecule has 1 saturated carbocycles. The molecule has 0 heterocycles. The van der Waals surface area contributed by atoms with E-state index in [-0.39, 0.29) is 0 Å². The summed E-state index contributed by atoms with van der Waals surface area (Å²) in [6.07, 6.45) is 5.62. The first kappa shape index (κ1) is 15.9. The molecule has 3 nitrogen and oxygen atoms in total. The second-order valence-electron chi connectivity index (χ2n) is 5.78. The van der Waals surface area contributed by atoms with Crippen LogP contribution in [-0.2, 0) is 0 Å². The van der Waals surface area contributed by atoms with Crippen LogP contribution in [0.3, 0.4) is 0 Å². The van der Waals surface area contributed by atoms with Gasteiger partial charge in [-0.2, -0.15) is 0 Å². The fourth-order valence-corrected chi connectivity index (χ4v) is 2.90. The Bertz CT molecular complexity index is 209. The molecule has 1 rings (SSSR count). The normalized spacial score (nSPS) is 28.8. The Hall–Kier alpha value is -0.120. The Morgan fingerprint density at radius 2 is 1.78 bits per heavy atom. The lowest BCUT2D eigenvalue weighted by atomic mass is 9.78. The second-order valence-corrected chi connectivity index (χ2v) is 5.78. The average Bonchev–Trinajstić information content (AvgIpc) is 2.40. The maximum absolute atomic E-state index is 10.5. The highest BCUT2D eigenvalue weighted by molar-refractivity contribution is 4.87. The minimum Gasteiger partial charge on any atom is -0.389 e. The molecule has 0 saturated heterocycles. The van der Waals surface area contributed by atoms with Crippen LogP contribution in [0.15, 0.2) is 0 Å². The van der Waals surface area contributed by atoms with Crippen LogP contribution in [0.4, 0.5) is 0 Å². The van der Waals surface area contributed by atoms with Gasteiger partial charge in [-0.25, -0.2) is 0 Å². The van der Waals surface area contributed by atoms with Gasteiger partial charge >= 0.3 is 0 Å². The summed E-state index contributed by atoms with van der Waals surface area (Å²) in [7, 11) is 0. The van der Waals surface area contributed by atoms with Crippen LogP contribution in [0.2, 0.25) is 0 Å². The van der Waals surface area contributed by atoms with E-state index in [0.29, 0.717) is 0 Å². The molecule has 1 fully saturated rings. The van der Waals surface area contributed by atoms with Gasteiger partial charge in [0, 0.05) is 19.6 Å². The van der Waals surface area contributed by atoms with E-state index >= 15 is 0 Å². The van der Waals surface area contributed by atoms with E-state index in [9.17, 15) is 5.11 Å². The predicted molar refractivity (Wildman–Crippen MR) is 77.9 cm³/mol. The molecule has 108 valence electrons. The summed E-state index contributed by atoms with van der Waals surface area (Å²) < 4.78 is 0. The summed E-state index contributed by atoms with van der Waals surface area (Å²) in [5, 5.41) is 13.9. The molecule has 0 unspecified atom stereocenters. The molecule has 3 heteroatoms. The third-order valence-electron chi connectivity index (χ3n) is 4.57. The first-order valence-electron chi connectivity index (χ1n) is 7.79. The topological polar surface area (TPSA) is 35.5 Å². The zero-order valence-electron chi connectivity index (χ0n) is 12.5. The fourth-order valence-electron chi connectivity index (χ4n) is 2.90. The fraction of sp³-hybridized carbons (Fsp3) is 1.00. The van der Waals surface area contributed by atoms with Crippen molar-refractivity contribution in [1.82, 2.24) is 10.2 Å².